The summed E-state index contributed by atoms with van der Waals surface area (Å²) in [6.45, 7) is 15.2. The molecule has 0 aromatic carbocycles. The van der Waals surface area contributed by atoms with E-state index < -0.39 is 0 Å². The van der Waals surface area contributed by atoms with Crippen LogP contribution in [0, 0.1) is 5.92 Å². The monoisotopic (exact) mass is 340 g/mol. The van der Waals surface area contributed by atoms with Crippen LogP contribution in [0.5, 0.6) is 0 Å². The van der Waals surface area contributed by atoms with Gasteiger partial charge in [0, 0.05) is 26.2 Å². The van der Waals surface area contributed by atoms with Crippen LogP contribution in [0.1, 0.15) is 47.0 Å². The third kappa shape index (κ3) is 7.07. The Hall–Kier alpha value is -1.30. The van der Waals surface area contributed by atoms with Crippen molar-refractivity contribution < 1.29 is 9.53 Å². The summed E-state index contributed by atoms with van der Waals surface area (Å²) in [6, 6.07) is 0. The van der Waals surface area contributed by atoms with Crippen molar-refractivity contribution in [1.29, 1.82) is 0 Å². The maximum Gasteiger partial charge on any atom is 0.310 e. The number of piperidine rings is 1. The molecule has 0 bridgehead atoms. The fourth-order valence-corrected chi connectivity index (χ4v) is 3.09. The molecule has 0 aliphatic carbocycles. The quantitative estimate of drug-likeness (QED) is 0.395. The molecule has 1 unspecified atom stereocenters. The smallest absolute Gasteiger partial charge is 0.310 e. The first-order valence-electron chi connectivity index (χ1n) is 9.58. The Morgan fingerprint density at radius 3 is 2.71 bits per heavy atom. The fraction of sp³-hybridized carbons (Fsp3) is 0.889. The average molecular weight is 341 g/mol. The van der Waals surface area contributed by atoms with Crippen molar-refractivity contribution in [2.45, 2.75) is 47.0 Å². The molecule has 140 valence electrons. The number of nitrogens with zero attached hydrogens (tertiary/aromatic N) is 3. The molecule has 24 heavy (non-hydrogen) atoms. The van der Waals surface area contributed by atoms with E-state index in [1.165, 1.54) is 6.42 Å². The molecular formula is C18H36N4O2. The van der Waals surface area contributed by atoms with Crippen LogP contribution in [0.15, 0.2) is 4.99 Å². The van der Waals surface area contributed by atoms with Crippen LogP contribution in [0.2, 0.25) is 0 Å². The number of hydrogen-bond donors (Lipinski definition) is 1. The largest absolute Gasteiger partial charge is 0.466 e. The molecule has 1 atom stereocenters. The SMILES string of the molecule is CCCN(CC)CCN=C(NCC)N1CCCC(C(=O)OCC)C1. The van der Waals surface area contributed by atoms with E-state index in [0.29, 0.717) is 13.2 Å². The van der Waals surface area contributed by atoms with Crippen molar-refractivity contribution >= 4 is 11.9 Å². The van der Waals surface area contributed by atoms with Crippen molar-refractivity contribution in [3.63, 3.8) is 0 Å². The van der Waals surface area contributed by atoms with Crippen molar-refractivity contribution in [3.05, 3.63) is 0 Å². The van der Waals surface area contributed by atoms with Gasteiger partial charge in [-0.15, -0.1) is 0 Å². The Morgan fingerprint density at radius 1 is 1.29 bits per heavy atom. The fourth-order valence-electron chi connectivity index (χ4n) is 3.09. The van der Waals surface area contributed by atoms with Crippen molar-refractivity contribution in [2.75, 3.05) is 52.4 Å². The number of likely N-dealkylation sites (N-methyl/N-ethyl adjacent to an activating group) is 1. The summed E-state index contributed by atoms with van der Waals surface area (Å²) in [6.07, 6.45) is 3.09. The summed E-state index contributed by atoms with van der Waals surface area (Å²) in [5, 5.41) is 3.37. The molecule has 1 fully saturated rings. The van der Waals surface area contributed by atoms with Crippen LogP contribution in [-0.2, 0) is 9.53 Å². The van der Waals surface area contributed by atoms with Gasteiger partial charge in [0.1, 0.15) is 0 Å². The van der Waals surface area contributed by atoms with E-state index in [-0.39, 0.29) is 11.9 Å². The van der Waals surface area contributed by atoms with E-state index in [4.69, 9.17) is 9.73 Å². The van der Waals surface area contributed by atoms with E-state index in [9.17, 15) is 4.79 Å². The highest BCUT2D eigenvalue weighted by atomic mass is 16.5. The van der Waals surface area contributed by atoms with E-state index in [1.54, 1.807) is 0 Å². The van der Waals surface area contributed by atoms with Gasteiger partial charge in [-0.25, -0.2) is 0 Å². The summed E-state index contributed by atoms with van der Waals surface area (Å²) in [4.78, 5) is 21.4. The molecule has 1 rings (SSSR count). The first kappa shape index (κ1) is 20.7. The van der Waals surface area contributed by atoms with Crippen molar-refractivity contribution in [1.82, 2.24) is 15.1 Å². The highest BCUT2D eigenvalue weighted by Gasteiger charge is 2.28. The molecule has 6 heteroatoms. The number of guanidine groups is 1. The van der Waals surface area contributed by atoms with E-state index in [0.717, 1.165) is 58.1 Å². The van der Waals surface area contributed by atoms with Crippen LogP contribution in [0.3, 0.4) is 0 Å². The van der Waals surface area contributed by atoms with E-state index in [2.05, 4.69) is 35.9 Å². The Morgan fingerprint density at radius 2 is 2.08 bits per heavy atom. The van der Waals surface area contributed by atoms with Gasteiger partial charge in [-0.3, -0.25) is 9.79 Å². The van der Waals surface area contributed by atoms with E-state index in [1.807, 2.05) is 6.92 Å². The number of likely N-dealkylation sites (tertiary alicyclic amines) is 1. The second-order valence-electron chi connectivity index (χ2n) is 6.21. The Kier molecular flexibility index (Phi) is 10.5. The lowest BCUT2D eigenvalue weighted by Gasteiger charge is -2.34. The molecule has 6 nitrogen and oxygen atoms in total. The molecule has 1 heterocycles. The standard InChI is InChI=1S/C18H36N4O2/c1-5-12-21(7-3)14-11-20-18(19-6-2)22-13-9-10-16(15-22)17(23)24-8-4/h16H,5-15H2,1-4H3,(H,19,20). The maximum absolute atomic E-state index is 12.0. The minimum atomic E-state index is -0.0712. The molecule has 1 N–H and O–H groups in total. The van der Waals surface area contributed by atoms with Gasteiger partial charge in [0.25, 0.3) is 0 Å². The summed E-state index contributed by atoms with van der Waals surface area (Å²) in [5.74, 6) is 0.826. The lowest BCUT2D eigenvalue weighted by molar-refractivity contribution is -0.149. The highest BCUT2D eigenvalue weighted by Crippen LogP contribution is 2.18. The third-order valence-corrected chi connectivity index (χ3v) is 4.34. The van der Waals surface area contributed by atoms with Crippen molar-refractivity contribution in [2.24, 2.45) is 10.9 Å². The summed E-state index contributed by atoms with van der Waals surface area (Å²) in [5.41, 5.74) is 0. The number of hydrogen-bond acceptors (Lipinski definition) is 4. The van der Waals surface area contributed by atoms with E-state index >= 15 is 0 Å². The maximum atomic E-state index is 12.0. The molecule has 0 radical (unpaired) electrons. The highest BCUT2D eigenvalue weighted by molar-refractivity contribution is 5.81. The lowest BCUT2D eigenvalue weighted by atomic mass is 9.98. The molecule has 0 saturated carbocycles. The molecular weight excluding hydrogens is 304 g/mol. The molecule has 1 aliphatic heterocycles. The Balaban J connectivity index is 2.61. The van der Waals surface area contributed by atoms with Crippen molar-refractivity contribution in [3.8, 4) is 0 Å². The normalized spacial score (nSPS) is 18.8. The summed E-state index contributed by atoms with van der Waals surface area (Å²) >= 11 is 0. The molecule has 1 saturated heterocycles. The zero-order valence-electron chi connectivity index (χ0n) is 16.0. The first-order chi connectivity index (χ1) is 11.7. The first-order valence-corrected chi connectivity index (χ1v) is 9.58. The van der Waals surface area contributed by atoms with Gasteiger partial charge in [0.05, 0.1) is 19.1 Å². The number of carbonyl (C=O) groups excluding carboxylic acids is 1. The molecule has 1 aliphatic rings. The Bertz CT molecular complexity index is 387. The zero-order chi connectivity index (χ0) is 17.8. The van der Waals surface area contributed by atoms with Gasteiger partial charge in [-0.2, -0.15) is 0 Å². The Labute approximate surface area is 147 Å². The van der Waals surface area contributed by atoms with Gasteiger partial charge < -0.3 is 19.9 Å². The third-order valence-electron chi connectivity index (χ3n) is 4.34. The molecule has 0 spiro atoms. The van der Waals surface area contributed by atoms with Crippen LogP contribution in [0.4, 0.5) is 0 Å². The second-order valence-corrected chi connectivity index (χ2v) is 6.21. The lowest BCUT2D eigenvalue weighted by Crippen LogP contribution is -2.48. The van der Waals surface area contributed by atoms with Gasteiger partial charge in [0.2, 0.25) is 0 Å². The van der Waals surface area contributed by atoms with Gasteiger partial charge in [-0.05, 0) is 46.2 Å². The summed E-state index contributed by atoms with van der Waals surface area (Å²) in [7, 11) is 0. The molecule has 0 aromatic heterocycles. The van der Waals surface area contributed by atoms with Crippen LogP contribution in [-0.4, -0.2) is 74.1 Å². The van der Waals surface area contributed by atoms with Gasteiger partial charge in [0.15, 0.2) is 5.96 Å². The zero-order valence-corrected chi connectivity index (χ0v) is 16.0. The van der Waals surface area contributed by atoms with Crippen LogP contribution >= 0.6 is 0 Å². The number of ether oxygens (including phenoxy) is 1. The minimum Gasteiger partial charge on any atom is -0.466 e. The van der Waals surface area contributed by atoms with Crippen LogP contribution < -0.4 is 5.32 Å². The average Bonchev–Trinajstić information content (AvgIpc) is 2.60. The minimum absolute atomic E-state index is 0.0326. The number of carbonyl (C=O) groups is 1. The van der Waals surface area contributed by atoms with Gasteiger partial charge >= 0.3 is 5.97 Å². The molecule has 0 aromatic rings. The number of aliphatic imine (C=N–C) groups is 1. The van der Waals surface area contributed by atoms with Crippen LogP contribution in [0.25, 0.3) is 0 Å². The second kappa shape index (κ2) is 12.1. The topological polar surface area (TPSA) is 57.2 Å². The predicted octanol–water partition coefficient (Wildman–Crippen LogP) is 1.96. The van der Waals surface area contributed by atoms with Gasteiger partial charge in [-0.1, -0.05) is 13.8 Å². The summed E-state index contributed by atoms with van der Waals surface area (Å²) < 4.78 is 5.19. The number of rotatable bonds is 9. The predicted molar refractivity (Wildman–Crippen MR) is 99.3 cm³/mol. The number of nitrogens with one attached hydrogen (secondary N) is 1. The number of esters is 1. The molecule has 0 amide bonds.